The molecule has 1 heterocycles. The smallest absolute Gasteiger partial charge is 0.341 e. The maximum atomic E-state index is 13.2. The highest BCUT2D eigenvalue weighted by Crippen LogP contribution is 2.36. The van der Waals surface area contributed by atoms with Crippen LogP contribution in [-0.2, 0) is 9.53 Å². The molecule has 0 aliphatic heterocycles. The third-order valence-electron chi connectivity index (χ3n) is 4.12. The summed E-state index contributed by atoms with van der Waals surface area (Å²) in [5.74, 6) is -0.625. The van der Waals surface area contributed by atoms with Crippen molar-refractivity contribution < 1.29 is 23.5 Å². The van der Waals surface area contributed by atoms with Crippen molar-refractivity contribution in [2.45, 2.75) is 0 Å². The van der Waals surface area contributed by atoms with Gasteiger partial charge < -0.3 is 14.8 Å². The summed E-state index contributed by atoms with van der Waals surface area (Å²) in [4.78, 5) is 24.7. The van der Waals surface area contributed by atoms with E-state index in [1.807, 2.05) is 12.1 Å². The minimum atomic E-state index is -0.583. The molecule has 0 atom stereocenters. The van der Waals surface area contributed by atoms with Crippen molar-refractivity contribution in [3.63, 3.8) is 0 Å². The molecule has 5 nitrogen and oxygen atoms in total. The van der Waals surface area contributed by atoms with Gasteiger partial charge in [0.15, 0.2) is 0 Å². The molecule has 1 amide bonds. The molecule has 29 heavy (non-hydrogen) atoms. The first-order valence-corrected chi connectivity index (χ1v) is 9.48. The summed E-state index contributed by atoms with van der Waals surface area (Å²) < 4.78 is 23.2. The predicted octanol–water partition coefficient (Wildman–Crippen LogP) is 5.00. The Morgan fingerprint density at radius 2 is 1.72 bits per heavy atom. The highest BCUT2D eigenvalue weighted by Gasteiger charge is 2.21. The van der Waals surface area contributed by atoms with Crippen molar-refractivity contribution in [3.05, 3.63) is 76.9 Å². The molecule has 0 spiro atoms. The Bertz CT molecular complexity index is 1040. The predicted molar refractivity (Wildman–Crippen MR) is 112 cm³/mol. The van der Waals surface area contributed by atoms with Crippen LogP contribution in [-0.4, -0.2) is 26.1 Å². The van der Waals surface area contributed by atoms with Gasteiger partial charge in [-0.1, -0.05) is 24.3 Å². The summed E-state index contributed by atoms with van der Waals surface area (Å²) in [6.07, 6.45) is 3.03. The van der Waals surface area contributed by atoms with Crippen LogP contribution in [0.4, 0.5) is 9.39 Å². The Morgan fingerprint density at radius 3 is 2.34 bits per heavy atom. The van der Waals surface area contributed by atoms with Crippen LogP contribution in [0.25, 0.3) is 17.2 Å². The number of thiophene rings is 1. The normalized spacial score (nSPS) is 10.7. The summed E-state index contributed by atoms with van der Waals surface area (Å²) in [6.45, 7) is 0. The second-order valence-corrected chi connectivity index (χ2v) is 6.83. The number of carbonyl (C=O) groups is 2. The topological polar surface area (TPSA) is 64.6 Å². The maximum absolute atomic E-state index is 13.2. The fourth-order valence-corrected chi connectivity index (χ4v) is 3.60. The Morgan fingerprint density at radius 1 is 1.03 bits per heavy atom. The van der Waals surface area contributed by atoms with E-state index in [0.29, 0.717) is 16.1 Å². The first-order chi connectivity index (χ1) is 14.0. The van der Waals surface area contributed by atoms with E-state index in [4.69, 9.17) is 9.47 Å². The summed E-state index contributed by atoms with van der Waals surface area (Å²) in [5, 5.41) is 4.80. The zero-order valence-electron chi connectivity index (χ0n) is 15.8. The molecule has 3 rings (SSSR count). The maximum Gasteiger partial charge on any atom is 0.341 e. The molecule has 148 valence electrons. The van der Waals surface area contributed by atoms with E-state index in [1.54, 1.807) is 42.8 Å². The summed E-state index contributed by atoms with van der Waals surface area (Å²) >= 11 is 1.20. The van der Waals surface area contributed by atoms with Crippen LogP contribution < -0.4 is 10.1 Å². The van der Waals surface area contributed by atoms with Gasteiger partial charge in [-0.3, -0.25) is 4.79 Å². The standard InChI is InChI=1S/C22H18FNO4S/c1-27-17-10-3-14(4-11-17)5-12-19(25)24-21-20(22(26)28-2)18(13-29-21)15-6-8-16(23)9-7-15/h3-13H,1-2H3,(H,24,25). The van der Waals surface area contributed by atoms with Gasteiger partial charge in [0.25, 0.3) is 0 Å². The zero-order chi connectivity index (χ0) is 20.8. The van der Waals surface area contributed by atoms with Gasteiger partial charge in [0, 0.05) is 17.0 Å². The van der Waals surface area contributed by atoms with E-state index in [9.17, 15) is 14.0 Å². The Balaban J connectivity index is 1.82. The van der Waals surface area contributed by atoms with Crippen molar-refractivity contribution in [2.75, 3.05) is 19.5 Å². The largest absolute Gasteiger partial charge is 0.497 e. The first kappa shape index (κ1) is 20.3. The average molecular weight is 411 g/mol. The van der Waals surface area contributed by atoms with Crippen LogP contribution in [0.2, 0.25) is 0 Å². The highest BCUT2D eigenvalue weighted by atomic mass is 32.1. The molecule has 0 fully saturated rings. The summed E-state index contributed by atoms with van der Waals surface area (Å²) in [5.41, 5.74) is 2.27. The monoisotopic (exact) mass is 411 g/mol. The van der Waals surface area contributed by atoms with E-state index in [0.717, 1.165) is 11.3 Å². The van der Waals surface area contributed by atoms with E-state index < -0.39 is 11.9 Å². The fourth-order valence-electron chi connectivity index (χ4n) is 2.64. The van der Waals surface area contributed by atoms with Crippen molar-refractivity contribution in [2.24, 2.45) is 0 Å². The molecule has 2 aromatic carbocycles. The number of hydrogen-bond acceptors (Lipinski definition) is 5. The van der Waals surface area contributed by atoms with Gasteiger partial charge in [0.05, 0.1) is 14.2 Å². The van der Waals surface area contributed by atoms with Crippen molar-refractivity contribution in [1.29, 1.82) is 0 Å². The average Bonchev–Trinajstić information content (AvgIpc) is 3.16. The Hall–Kier alpha value is -3.45. The molecule has 0 unspecified atom stereocenters. The summed E-state index contributed by atoms with van der Waals surface area (Å²) in [7, 11) is 2.85. The molecule has 0 saturated carbocycles. The van der Waals surface area contributed by atoms with Crippen LogP contribution in [0, 0.1) is 5.82 Å². The van der Waals surface area contributed by atoms with Gasteiger partial charge in [0.2, 0.25) is 5.91 Å². The quantitative estimate of drug-likeness (QED) is 0.458. The molecule has 0 aliphatic carbocycles. The zero-order valence-corrected chi connectivity index (χ0v) is 16.6. The van der Waals surface area contributed by atoms with Crippen LogP contribution in [0.15, 0.2) is 60.0 Å². The lowest BCUT2D eigenvalue weighted by Crippen LogP contribution is -2.11. The lowest BCUT2D eigenvalue weighted by molar-refractivity contribution is -0.111. The molecular formula is C22H18FNO4S. The number of rotatable bonds is 6. The van der Waals surface area contributed by atoms with E-state index >= 15 is 0 Å². The fraction of sp³-hybridized carbons (Fsp3) is 0.0909. The van der Waals surface area contributed by atoms with Gasteiger partial charge >= 0.3 is 5.97 Å². The minimum absolute atomic E-state index is 0.232. The van der Waals surface area contributed by atoms with Crippen LogP contribution in [0.3, 0.4) is 0 Å². The number of anilines is 1. The number of benzene rings is 2. The number of esters is 1. The van der Waals surface area contributed by atoms with E-state index in [1.165, 1.54) is 36.7 Å². The van der Waals surface area contributed by atoms with Crippen LogP contribution in [0.1, 0.15) is 15.9 Å². The lowest BCUT2D eigenvalue weighted by atomic mass is 10.0. The first-order valence-electron chi connectivity index (χ1n) is 8.60. The molecule has 0 bridgehead atoms. The molecule has 0 saturated heterocycles. The second kappa shape index (κ2) is 9.16. The lowest BCUT2D eigenvalue weighted by Gasteiger charge is -2.06. The number of carbonyl (C=O) groups excluding carboxylic acids is 2. The summed E-state index contributed by atoms with van der Waals surface area (Å²) in [6, 6.07) is 13.0. The number of halogens is 1. The number of hydrogen-bond donors (Lipinski definition) is 1. The molecule has 1 N–H and O–H groups in total. The third kappa shape index (κ3) is 4.89. The number of ether oxygens (including phenoxy) is 2. The second-order valence-electron chi connectivity index (χ2n) is 5.95. The van der Waals surface area contributed by atoms with Gasteiger partial charge in [-0.25, -0.2) is 9.18 Å². The number of nitrogens with one attached hydrogen (secondary N) is 1. The van der Waals surface area contributed by atoms with Crippen molar-refractivity contribution >= 4 is 34.3 Å². The van der Waals surface area contributed by atoms with Gasteiger partial charge in [-0.2, -0.15) is 0 Å². The third-order valence-corrected chi connectivity index (χ3v) is 5.01. The minimum Gasteiger partial charge on any atom is -0.497 e. The number of amides is 1. The molecule has 7 heteroatoms. The SMILES string of the molecule is COC(=O)c1c(-c2ccc(F)cc2)csc1NC(=O)C=Cc1ccc(OC)cc1. The van der Waals surface area contributed by atoms with Crippen molar-refractivity contribution in [3.8, 4) is 16.9 Å². The van der Waals surface area contributed by atoms with E-state index in [2.05, 4.69) is 5.32 Å². The number of methoxy groups -OCH3 is 2. The Kier molecular flexibility index (Phi) is 6.41. The van der Waals surface area contributed by atoms with Gasteiger partial charge in [-0.15, -0.1) is 11.3 Å². The molecule has 0 aliphatic rings. The molecule has 3 aromatic rings. The van der Waals surface area contributed by atoms with Crippen molar-refractivity contribution in [1.82, 2.24) is 0 Å². The molecule has 0 radical (unpaired) electrons. The van der Waals surface area contributed by atoms with Gasteiger partial charge in [-0.05, 0) is 41.5 Å². The molecular weight excluding hydrogens is 393 g/mol. The highest BCUT2D eigenvalue weighted by molar-refractivity contribution is 7.15. The van der Waals surface area contributed by atoms with Crippen LogP contribution >= 0.6 is 11.3 Å². The van der Waals surface area contributed by atoms with E-state index in [-0.39, 0.29) is 11.4 Å². The van der Waals surface area contributed by atoms with Gasteiger partial charge in [0.1, 0.15) is 22.1 Å². The Labute approximate surface area is 171 Å². The van der Waals surface area contributed by atoms with Crippen LogP contribution in [0.5, 0.6) is 5.75 Å². The molecule has 1 aromatic heterocycles.